The molecular weight excluding hydrogens is 330 g/mol. The molecule has 0 atom stereocenters. The Morgan fingerprint density at radius 3 is 2.29 bits per heavy atom. The fraction of sp³-hybridized carbons (Fsp3) is 0.588. The van der Waals surface area contributed by atoms with E-state index in [1.165, 1.54) is 50.7 Å². The monoisotopic (exact) mass is 355 g/mol. The standard InChI is InChI=1S/C17H25N3O3.ClH/c21-17(13-14-7-9-16(10-8-14)20(22)23)19-12-11-18-15-5-3-1-2-4-6-15;/h7-10,15,18H,1-6,11-13H2,(H,19,21);1H. The van der Waals surface area contributed by atoms with E-state index in [0.717, 1.165) is 12.1 Å². The molecule has 1 saturated carbocycles. The highest BCUT2D eigenvalue weighted by Crippen LogP contribution is 2.16. The molecule has 6 nitrogen and oxygen atoms in total. The maximum Gasteiger partial charge on any atom is 0.269 e. The Bertz CT molecular complexity index is 514. The van der Waals surface area contributed by atoms with Gasteiger partial charge in [-0.2, -0.15) is 0 Å². The molecule has 7 heteroatoms. The first-order chi connectivity index (χ1) is 11.1. The largest absolute Gasteiger partial charge is 0.355 e. The number of non-ortho nitro benzene ring substituents is 1. The molecule has 1 fully saturated rings. The Hall–Kier alpha value is -1.66. The summed E-state index contributed by atoms with van der Waals surface area (Å²) in [5, 5.41) is 17.0. The summed E-state index contributed by atoms with van der Waals surface area (Å²) in [5.41, 5.74) is 0.826. The van der Waals surface area contributed by atoms with E-state index in [4.69, 9.17) is 0 Å². The predicted molar refractivity (Wildman–Crippen MR) is 96.6 cm³/mol. The number of nitrogens with one attached hydrogen (secondary N) is 2. The highest BCUT2D eigenvalue weighted by atomic mass is 35.5. The molecule has 0 aromatic heterocycles. The lowest BCUT2D eigenvalue weighted by Crippen LogP contribution is -2.37. The number of halogens is 1. The first-order valence-electron chi connectivity index (χ1n) is 8.38. The fourth-order valence-electron chi connectivity index (χ4n) is 2.95. The fourth-order valence-corrected chi connectivity index (χ4v) is 2.95. The van der Waals surface area contributed by atoms with Crippen molar-refractivity contribution in [1.82, 2.24) is 10.6 Å². The lowest BCUT2D eigenvalue weighted by Gasteiger charge is -2.16. The van der Waals surface area contributed by atoms with Crippen molar-refractivity contribution in [1.29, 1.82) is 0 Å². The topological polar surface area (TPSA) is 84.3 Å². The Morgan fingerprint density at radius 1 is 1.08 bits per heavy atom. The van der Waals surface area contributed by atoms with Crippen molar-refractivity contribution in [3.8, 4) is 0 Å². The normalized spacial score (nSPS) is 15.2. The van der Waals surface area contributed by atoms with Gasteiger partial charge in [0.1, 0.15) is 0 Å². The average molecular weight is 356 g/mol. The summed E-state index contributed by atoms with van der Waals surface area (Å²) in [4.78, 5) is 22.0. The first-order valence-corrected chi connectivity index (χ1v) is 8.38. The number of carbonyl (C=O) groups excluding carboxylic acids is 1. The van der Waals surface area contributed by atoms with Crippen LogP contribution in [0.1, 0.15) is 44.1 Å². The van der Waals surface area contributed by atoms with Gasteiger partial charge >= 0.3 is 0 Å². The Labute approximate surface area is 149 Å². The van der Waals surface area contributed by atoms with Crippen LogP contribution in [0, 0.1) is 10.1 Å². The number of nitro groups is 1. The third-order valence-electron chi connectivity index (χ3n) is 4.25. The molecule has 1 amide bonds. The molecule has 1 aromatic rings. The van der Waals surface area contributed by atoms with Crippen LogP contribution in [0.3, 0.4) is 0 Å². The highest BCUT2D eigenvalue weighted by molar-refractivity contribution is 5.85. The van der Waals surface area contributed by atoms with Gasteiger partial charge in [-0.3, -0.25) is 14.9 Å². The molecule has 0 aliphatic heterocycles. The van der Waals surface area contributed by atoms with Crippen molar-refractivity contribution >= 4 is 24.0 Å². The lowest BCUT2D eigenvalue weighted by molar-refractivity contribution is -0.384. The van der Waals surface area contributed by atoms with Gasteiger partial charge < -0.3 is 10.6 Å². The summed E-state index contributed by atoms with van der Waals surface area (Å²) < 4.78 is 0. The molecule has 24 heavy (non-hydrogen) atoms. The van der Waals surface area contributed by atoms with Gasteiger partial charge in [-0.1, -0.05) is 37.8 Å². The summed E-state index contributed by atoms with van der Waals surface area (Å²) in [6, 6.07) is 6.69. The third kappa shape index (κ3) is 7.27. The maximum atomic E-state index is 11.9. The van der Waals surface area contributed by atoms with Crippen LogP contribution < -0.4 is 10.6 Å². The molecule has 1 aliphatic rings. The second-order valence-corrected chi connectivity index (χ2v) is 6.09. The van der Waals surface area contributed by atoms with Gasteiger partial charge in [0.05, 0.1) is 11.3 Å². The summed E-state index contributed by atoms with van der Waals surface area (Å²) in [6.07, 6.45) is 7.98. The number of carbonyl (C=O) groups is 1. The van der Waals surface area contributed by atoms with E-state index in [2.05, 4.69) is 10.6 Å². The van der Waals surface area contributed by atoms with Crippen molar-refractivity contribution in [3.63, 3.8) is 0 Å². The minimum absolute atomic E-state index is 0. The zero-order chi connectivity index (χ0) is 16.5. The van der Waals surface area contributed by atoms with E-state index in [0.29, 0.717) is 12.6 Å². The van der Waals surface area contributed by atoms with Crippen molar-refractivity contribution in [2.45, 2.75) is 51.0 Å². The van der Waals surface area contributed by atoms with Gasteiger partial charge in [0.2, 0.25) is 5.91 Å². The van der Waals surface area contributed by atoms with E-state index < -0.39 is 4.92 Å². The van der Waals surface area contributed by atoms with E-state index in [1.54, 1.807) is 12.1 Å². The lowest BCUT2D eigenvalue weighted by atomic mass is 10.1. The Kier molecular flexibility index (Phi) is 9.34. The number of rotatable bonds is 7. The summed E-state index contributed by atoms with van der Waals surface area (Å²) in [5.74, 6) is -0.0541. The average Bonchev–Trinajstić information content (AvgIpc) is 2.81. The molecule has 134 valence electrons. The van der Waals surface area contributed by atoms with Crippen LogP contribution in [0.5, 0.6) is 0 Å². The first kappa shape index (κ1) is 20.4. The smallest absolute Gasteiger partial charge is 0.269 e. The molecule has 0 radical (unpaired) electrons. The molecular formula is C17H26ClN3O3. The number of benzene rings is 1. The molecule has 0 unspecified atom stereocenters. The van der Waals surface area contributed by atoms with Crippen molar-refractivity contribution in [3.05, 3.63) is 39.9 Å². The van der Waals surface area contributed by atoms with E-state index in [1.807, 2.05) is 0 Å². The molecule has 0 heterocycles. The Morgan fingerprint density at radius 2 is 1.71 bits per heavy atom. The van der Waals surface area contributed by atoms with Crippen LogP contribution in [-0.2, 0) is 11.2 Å². The molecule has 0 spiro atoms. The van der Waals surface area contributed by atoms with Gasteiger partial charge in [0.25, 0.3) is 5.69 Å². The predicted octanol–water partition coefficient (Wildman–Crippen LogP) is 2.99. The Balaban J connectivity index is 0.00000288. The number of amides is 1. The summed E-state index contributed by atoms with van der Waals surface area (Å²) >= 11 is 0. The molecule has 2 N–H and O–H groups in total. The van der Waals surface area contributed by atoms with Crippen LogP contribution >= 0.6 is 12.4 Å². The van der Waals surface area contributed by atoms with Gasteiger partial charge in [-0.15, -0.1) is 12.4 Å². The summed E-state index contributed by atoms with van der Waals surface area (Å²) in [6.45, 7) is 1.40. The van der Waals surface area contributed by atoms with Crippen molar-refractivity contribution in [2.75, 3.05) is 13.1 Å². The van der Waals surface area contributed by atoms with E-state index in [9.17, 15) is 14.9 Å². The van der Waals surface area contributed by atoms with Gasteiger partial charge in [-0.25, -0.2) is 0 Å². The van der Waals surface area contributed by atoms with Crippen LogP contribution in [0.25, 0.3) is 0 Å². The van der Waals surface area contributed by atoms with Crippen LogP contribution in [-0.4, -0.2) is 30.0 Å². The maximum absolute atomic E-state index is 11.9. The van der Waals surface area contributed by atoms with Crippen LogP contribution in [0.4, 0.5) is 5.69 Å². The molecule has 0 saturated heterocycles. The quantitative estimate of drug-likeness (QED) is 0.341. The number of hydrogen-bond donors (Lipinski definition) is 2. The minimum Gasteiger partial charge on any atom is -0.355 e. The van der Waals surface area contributed by atoms with Crippen molar-refractivity contribution in [2.24, 2.45) is 0 Å². The summed E-state index contributed by atoms with van der Waals surface area (Å²) in [7, 11) is 0. The third-order valence-corrected chi connectivity index (χ3v) is 4.25. The van der Waals surface area contributed by atoms with Gasteiger partial charge in [0.15, 0.2) is 0 Å². The molecule has 1 aromatic carbocycles. The van der Waals surface area contributed by atoms with Crippen molar-refractivity contribution < 1.29 is 9.72 Å². The minimum atomic E-state index is -0.441. The van der Waals surface area contributed by atoms with Crippen LogP contribution in [0.2, 0.25) is 0 Å². The zero-order valence-electron chi connectivity index (χ0n) is 13.8. The van der Waals surface area contributed by atoms with Gasteiger partial charge in [-0.05, 0) is 18.4 Å². The van der Waals surface area contributed by atoms with Gasteiger partial charge in [0, 0.05) is 31.3 Å². The highest BCUT2D eigenvalue weighted by Gasteiger charge is 2.11. The molecule has 1 aliphatic carbocycles. The number of nitrogens with zero attached hydrogens (tertiary/aromatic N) is 1. The van der Waals surface area contributed by atoms with E-state index in [-0.39, 0.29) is 30.4 Å². The SMILES string of the molecule is Cl.O=C(Cc1ccc([N+](=O)[O-])cc1)NCCNC1CCCCCC1. The zero-order valence-corrected chi connectivity index (χ0v) is 14.6. The van der Waals surface area contributed by atoms with Crippen LogP contribution in [0.15, 0.2) is 24.3 Å². The second kappa shape index (κ2) is 11.0. The molecule has 2 rings (SSSR count). The number of nitro benzene ring substituents is 1. The number of hydrogen-bond acceptors (Lipinski definition) is 4. The second-order valence-electron chi connectivity index (χ2n) is 6.09. The molecule has 0 bridgehead atoms. The van der Waals surface area contributed by atoms with E-state index >= 15 is 0 Å².